The molecule has 0 aromatic heterocycles. The minimum absolute atomic E-state index is 0.0851. The van der Waals surface area contributed by atoms with Crippen molar-refractivity contribution in [3.8, 4) is 0 Å². The molecule has 0 heterocycles. The van der Waals surface area contributed by atoms with Crippen LogP contribution in [-0.2, 0) is 10.8 Å². The first-order valence-corrected chi connectivity index (χ1v) is 11.0. The van der Waals surface area contributed by atoms with E-state index in [0.717, 1.165) is 22.6 Å². The summed E-state index contributed by atoms with van der Waals surface area (Å²) in [5.74, 6) is 0. The minimum atomic E-state index is 0.0851. The average Bonchev–Trinajstić information content (AvgIpc) is 2.66. The number of allylic oxidation sites excluding steroid dienone is 3. The molecule has 0 bridgehead atoms. The zero-order valence-electron chi connectivity index (χ0n) is 19.2. The Hall–Kier alpha value is -1.96. The first kappa shape index (κ1) is 24.3. The summed E-state index contributed by atoms with van der Waals surface area (Å²) in [7, 11) is 0. The van der Waals surface area contributed by atoms with Gasteiger partial charge in [0.25, 0.3) is 0 Å². The Labute approximate surface area is 192 Å². The molecular formula is C27H33Cl2N. The molecule has 2 rings (SSSR count). The van der Waals surface area contributed by atoms with Crippen LogP contribution < -0.4 is 4.90 Å². The van der Waals surface area contributed by atoms with E-state index in [4.69, 9.17) is 23.2 Å². The molecule has 0 unspecified atom stereocenters. The zero-order chi connectivity index (χ0) is 22.7. The van der Waals surface area contributed by atoms with Gasteiger partial charge >= 0.3 is 0 Å². The number of nitrogens with zero attached hydrogens (tertiary/aromatic N) is 1. The third-order valence-corrected chi connectivity index (χ3v) is 5.58. The molecule has 0 fully saturated rings. The molecule has 0 aliphatic carbocycles. The fraction of sp³-hybridized carbons (Fsp3) is 0.333. The molecule has 0 radical (unpaired) electrons. The fourth-order valence-electron chi connectivity index (χ4n) is 3.18. The Balaban J connectivity index is 2.67. The molecule has 0 saturated carbocycles. The van der Waals surface area contributed by atoms with Crippen LogP contribution in [0.15, 0.2) is 83.0 Å². The Kier molecular flexibility index (Phi) is 7.66. The van der Waals surface area contributed by atoms with E-state index in [1.807, 2.05) is 13.0 Å². The van der Waals surface area contributed by atoms with Crippen molar-refractivity contribution >= 4 is 34.6 Å². The lowest BCUT2D eigenvalue weighted by Gasteiger charge is -2.29. The van der Waals surface area contributed by atoms with Crippen molar-refractivity contribution in [3.63, 3.8) is 0 Å². The highest BCUT2D eigenvalue weighted by molar-refractivity contribution is 6.38. The van der Waals surface area contributed by atoms with Gasteiger partial charge in [-0.1, -0.05) is 101 Å². The van der Waals surface area contributed by atoms with Gasteiger partial charge in [0.1, 0.15) is 0 Å². The van der Waals surface area contributed by atoms with E-state index in [1.165, 1.54) is 16.7 Å². The SMILES string of the molecule is C=C(C)/C=C(\C(Cl)=C\Cl)N(c1ccc(C(C)(C)C)cc1)c1ccc(C(C)(C)C)cc1. The van der Waals surface area contributed by atoms with Crippen LogP contribution in [0.25, 0.3) is 0 Å². The molecule has 160 valence electrons. The van der Waals surface area contributed by atoms with E-state index in [9.17, 15) is 0 Å². The maximum atomic E-state index is 6.56. The van der Waals surface area contributed by atoms with Gasteiger partial charge in [0.2, 0.25) is 0 Å². The van der Waals surface area contributed by atoms with Gasteiger partial charge in [-0.2, -0.15) is 0 Å². The van der Waals surface area contributed by atoms with E-state index in [-0.39, 0.29) is 10.8 Å². The van der Waals surface area contributed by atoms with Gasteiger partial charge in [0, 0.05) is 16.9 Å². The Morgan fingerprint density at radius 2 is 1.17 bits per heavy atom. The summed E-state index contributed by atoms with van der Waals surface area (Å²) < 4.78 is 0. The van der Waals surface area contributed by atoms with Crippen molar-refractivity contribution < 1.29 is 0 Å². The Morgan fingerprint density at radius 3 is 1.43 bits per heavy atom. The molecule has 3 heteroatoms. The van der Waals surface area contributed by atoms with Crippen LogP contribution in [0, 0.1) is 0 Å². The highest BCUT2D eigenvalue weighted by atomic mass is 35.5. The smallest absolute Gasteiger partial charge is 0.0759 e. The van der Waals surface area contributed by atoms with Gasteiger partial charge in [0.05, 0.1) is 10.7 Å². The van der Waals surface area contributed by atoms with Crippen LogP contribution in [0.1, 0.15) is 59.6 Å². The maximum absolute atomic E-state index is 6.56. The molecule has 0 N–H and O–H groups in total. The van der Waals surface area contributed by atoms with Gasteiger partial charge < -0.3 is 4.90 Å². The Bertz CT molecular complexity index is 877. The van der Waals surface area contributed by atoms with Gasteiger partial charge in [0.15, 0.2) is 0 Å². The summed E-state index contributed by atoms with van der Waals surface area (Å²) in [6.45, 7) is 19.3. The van der Waals surface area contributed by atoms with Crippen LogP contribution in [0.4, 0.5) is 11.4 Å². The first-order chi connectivity index (χ1) is 13.8. The van der Waals surface area contributed by atoms with Crippen molar-refractivity contribution in [2.45, 2.75) is 59.3 Å². The summed E-state index contributed by atoms with van der Waals surface area (Å²) in [6, 6.07) is 17.2. The molecule has 0 saturated heterocycles. The maximum Gasteiger partial charge on any atom is 0.0759 e. The molecule has 0 aliphatic rings. The molecular weight excluding hydrogens is 409 g/mol. The highest BCUT2D eigenvalue weighted by Crippen LogP contribution is 2.37. The number of benzene rings is 2. The molecule has 0 amide bonds. The molecule has 2 aromatic rings. The van der Waals surface area contributed by atoms with E-state index >= 15 is 0 Å². The van der Waals surface area contributed by atoms with Gasteiger partial charge in [-0.05, 0) is 59.2 Å². The van der Waals surface area contributed by atoms with E-state index in [1.54, 1.807) is 0 Å². The standard InChI is InChI=1S/C27H33Cl2N/c1-19(2)17-25(24(29)18-28)30(22-13-9-20(10-14-22)26(3,4)5)23-15-11-21(12-16-23)27(6,7)8/h9-18H,1H2,2-8H3/b24-18-,25-17+. The zero-order valence-corrected chi connectivity index (χ0v) is 20.7. The van der Waals surface area contributed by atoms with Crippen LogP contribution in [0.5, 0.6) is 0 Å². The monoisotopic (exact) mass is 441 g/mol. The van der Waals surface area contributed by atoms with Gasteiger partial charge in [-0.25, -0.2) is 0 Å². The van der Waals surface area contributed by atoms with Crippen LogP contribution in [-0.4, -0.2) is 0 Å². The lowest BCUT2D eigenvalue weighted by atomic mass is 9.86. The van der Waals surface area contributed by atoms with Gasteiger partial charge in [-0.15, -0.1) is 0 Å². The second-order valence-corrected chi connectivity index (χ2v) is 10.4. The topological polar surface area (TPSA) is 3.24 Å². The highest BCUT2D eigenvalue weighted by Gasteiger charge is 2.21. The second kappa shape index (κ2) is 9.45. The quantitative estimate of drug-likeness (QED) is 0.417. The van der Waals surface area contributed by atoms with E-state index in [0.29, 0.717) is 5.03 Å². The Morgan fingerprint density at radius 1 is 0.800 bits per heavy atom. The van der Waals surface area contributed by atoms with Gasteiger partial charge in [-0.3, -0.25) is 0 Å². The molecule has 1 nitrogen and oxygen atoms in total. The molecule has 0 atom stereocenters. The second-order valence-electron chi connectivity index (χ2n) is 9.76. The number of halogens is 2. The minimum Gasteiger partial charge on any atom is -0.309 e. The lowest BCUT2D eigenvalue weighted by molar-refractivity contribution is 0.590. The first-order valence-electron chi connectivity index (χ1n) is 10.2. The number of hydrogen-bond acceptors (Lipinski definition) is 1. The predicted octanol–water partition coefficient (Wildman–Crippen LogP) is 9.20. The van der Waals surface area contributed by atoms with E-state index in [2.05, 4.69) is 102 Å². The fourth-order valence-corrected chi connectivity index (χ4v) is 3.43. The van der Waals surface area contributed by atoms with E-state index < -0.39 is 0 Å². The molecule has 30 heavy (non-hydrogen) atoms. The predicted molar refractivity (Wildman–Crippen MR) is 135 cm³/mol. The molecule has 0 aliphatic heterocycles. The van der Waals surface area contributed by atoms with Crippen LogP contribution in [0.2, 0.25) is 0 Å². The van der Waals surface area contributed by atoms with Crippen molar-refractivity contribution in [3.05, 3.63) is 94.2 Å². The third-order valence-electron chi connectivity index (χ3n) is 4.95. The summed E-state index contributed by atoms with van der Waals surface area (Å²) in [6.07, 6.45) is 1.95. The summed E-state index contributed by atoms with van der Waals surface area (Å²) in [4.78, 5) is 2.12. The number of hydrogen-bond donors (Lipinski definition) is 0. The van der Waals surface area contributed by atoms with Crippen molar-refractivity contribution in [1.82, 2.24) is 0 Å². The lowest BCUT2D eigenvalue weighted by Crippen LogP contribution is -2.18. The van der Waals surface area contributed by atoms with Crippen molar-refractivity contribution in [2.24, 2.45) is 0 Å². The van der Waals surface area contributed by atoms with Crippen LogP contribution >= 0.6 is 23.2 Å². The summed E-state index contributed by atoms with van der Waals surface area (Å²) in [5.41, 5.74) is 7.82. The van der Waals surface area contributed by atoms with Crippen LogP contribution in [0.3, 0.4) is 0 Å². The van der Waals surface area contributed by atoms with Crippen molar-refractivity contribution in [1.29, 1.82) is 0 Å². The normalized spacial score (nSPS) is 13.4. The third kappa shape index (κ3) is 6.03. The number of anilines is 2. The summed E-state index contributed by atoms with van der Waals surface area (Å²) in [5, 5.41) is 0.458. The summed E-state index contributed by atoms with van der Waals surface area (Å²) >= 11 is 12.6. The average molecular weight is 442 g/mol. The molecule has 0 spiro atoms. The number of rotatable bonds is 5. The largest absolute Gasteiger partial charge is 0.309 e. The van der Waals surface area contributed by atoms with Crippen molar-refractivity contribution in [2.75, 3.05) is 4.90 Å². The molecule has 2 aromatic carbocycles.